The fourth-order valence-electron chi connectivity index (χ4n) is 2.77. The zero-order chi connectivity index (χ0) is 10.6. The molecule has 0 aromatic carbocycles. The third kappa shape index (κ3) is 1.34. The number of fused-ring (bicyclic) bond motifs is 2. The van der Waals surface area contributed by atoms with Crippen molar-refractivity contribution in [2.45, 2.75) is 50.9 Å². The maximum absolute atomic E-state index is 10.7. The summed E-state index contributed by atoms with van der Waals surface area (Å²) in [6.07, 6.45) is 1.63. The zero-order valence-electron chi connectivity index (χ0n) is 8.65. The van der Waals surface area contributed by atoms with Crippen LogP contribution in [0.15, 0.2) is 0 Å². The first-order valence-corrected chi connectivity index (χ1v) is 5.89. The minimum absolute atomic E-state index is 0.164. The molecule has 0 radical (unpaired) electrons. The van der Waals surface area contributed by atoms with Crippen LogP contribution in [0.25, 0.3) is 0 Å². The van der Waals surface area contributed by atoms with Gasteiger partial charge in [-0.25, -0.2) is 0 Å². The van der Waals surface area contributed by atoms with Gasteiger partial charge in [-0.1, -0.05) is 6.92 Å². The standard InChI is InChI=1S/C9H16O4S/c1-6-7(12-14(10)11)9(3)5-4-8(6,2)13-9/h6-7H,4-5H2,1-3H3,(H,10,11). The normalized spacial score (nSPS) is 53.7. The van der Waals surface area contributed by atoms with Gasteiger partial charge >= 0.3 is 11.4 Å². The Kier molecular flexibility index (Phi) is 2.27. The molecule has 2 aliphatic rings. The first-order valence-electron chi connectivity index (χ1n) is 4.85. The Morgan fingerprint density at radius 1 is 1.43 bits per heavy atom. The van der Waals surface area contributed by atoms with E-state index in [1.165, 1.54) is 0 Å². The van der Waals surface area contributed by atoms with E-state index in [0.29, 0.717) is 0 Å². The summed E-state index contributed by atoms with van der Waals surface area (Å²) in [6, 6.07) is 0. The van der Waals surface area contributed by atoms with Crippen molar-refractivity contribution >= 4 is 11.4 Å². The van der Waals surface area contributed by atoms with Crippen molar-refractivity contribution in [2.24, 2.45) is 5.92 Å². The molecule has 4 nitrogen and oxygen atoms in total. The maximum Gasteiger partial charge on any atom is 0.302 e. The molecule has 1 N–H and O–H groups in total. The second-order valence-corrected chi connectivity index (χ2v) is 5.38. The molecule has 2 heterocycles. The predicted octanol–water partition coefficient (Wildman–Crippen LogP) is 1.49. The first-order chi connectivity index (χ1) is 6.37. The van der Waals surface area contributed by atoms with Crippen molar-refractivity contribution in [3.8, 4) is 0 Å². The highest BCUT2D eigenvalue weighted by Gasteiger charge is 2.62. The Morgan fingerprint density at radius 2 is 2.00 bits per heavy atom. The molecule has 2 saturated heterocycles. The molecule has 2 bridgehead atoms. The lowest BCUT2D eigenvalue weighted by Crippen LogP contribution is -2.43. The third-order valence-corrected chi connectivity index (χ3v) is 4.16. The smallest absolute Gasteiger partial charge is 0.302 e. The maximum atomic E-state index is 10.7. The molecule has 0 amide bonds. The predicted molar refractivity (Wildman–Crippen MR) is 51.9 cm³/mol. The van der Waals surface area contributed by atoms with Crippen LogP contribution in [0.1, 0.15) is 33.6 Å². The molecule has 5 atom stereocenters. The van der Waals surface area contributed by atoms with E-state index in [2.05, 4.69) is 0 Å². The highest BCUT2D eigenvalue weighted by Crippen LogP contribution is 2.54. The largest absolute Gasteiger partial charge is 0.366 e. The summed E-state index contributed by atoms with van der Waals surface area (Å²) in [5, 5.41) is 0. The monoisotopic (exact) mass is 220 g/mol. The van der Waals surface area contributed by atoms with Crippen molar-refractivity contribution < 1.29 is 17.7 Å². The van der Waals surface area contributed by atoms with E-state index in [0.717, 1.165) is 12.8 Å². The second kappa shape index (κ2) is 3.01. The average molecular weight is 220 g/mol. The van der Waals surface area contributed by atoms with E-state index in [4.69, 9.17) is 13.5 Å². The molecule has 0 spiro atoms. The van der Waals surface area contributed by atoms with Crippen LogP contribution in [-0.2, 0) is 20.3 Å². The van der Waals surface area contributed by atoms with Gasteiger partial charge in [0.15, 0.2) is 0 Å². The van der Waals surface area contributed by atoms with Gasteiger partial charge in [0.1, 0.15) is 6.10 Å². The molecule has 14 heavy (non-hydrogen) atoms. The fourth-order valence-corrected chi connectivity index (χ4v) is 3.32. The summed E-state index contributed by atoms with van der Waals surface area (Å²) in [6.45, 7) is 6.02. The molecule has 0 aromatic rings. The summed E-state index contributed by atoms with van der Waals surface area (Å²) in [4.78, 5) is 0. The van der Waals surface area contributed by atoms with Crippen molar-refractivity contribution in [3.63, 3.8) is 0 Å². The van der Waals surface area contributed by atoms with E-state index in [9.17, 15) is 4.21 Å². The SMILES string of the molecule is CC1C(OS(=O)O)C2(C)CCC1(C)O2. The average Bonchev–Trinajstić information content (AvgIpc) is 2.45. The lowest BCUT2D eigenvalue weighted by Gasteiger charge is -2.32. The van der Waals surface area contributed by atoms with Gasteiger partial charge in [-0.15, -0.1) is 0 Å². The van der Waals surface area contributed by atoms with Crippen molar-refractivity contribution in [3.05, 3.63) is 0 Å². The summed E-state index contributed by atoms with van der Waals surface area (Å²) in [5.41, 5.74) is -0.564. The summed E-state index contributed by atoms with van der Waals surface area (Å²) in [7, 11) is 0. The zero-order valence-corrected chi connectivity index (χ0v) is 9.47. The van der Waals surface area contributed by atoms with Crippen LogP contribution in [0.5, 0.6) is 0 Å². The molecule has 0 aromatic heterocycles. The van der Waals surface area contributed by atoms with Gasteiger partial charge in [-0.3, -0.25) is 8.74 Å². The lowest BCUT2D eigenvalue weighted by molar-refractivity contribution is -0.0517. The van der Waals surface area contributed by atoms with E-state index in [1.807, 2.05) is 20.8 Å². The highest BCUT2D eigenvalue weighted by atomic mass is 32.2. The molecule has 5 heteroatoms. The van der Waals surface area contributed by atoms with Gasteiger partial charge in [0.05, 0.1) is 11.2 Å². The lowest BCUT2D eigenvalue weighted by atomic mass is 9.74. The van der Waals surface area contributed by atoms with Crippen LogP contribution in [0.4, 0.5) is 0 Å². The minimum atomic E-state index is -2.20. The number of rotatable bonds is 2. The minimum Gasteiger partial charge on any atom is -0.366 e. The Balaban J connectivity index is 2.23. The molecule has 2 fully saturated rings. The Morgan fingerprint density at radius 3 is 2.43 bits per heavy atom. The van der Waals surface area contributed by atoms with Crippen molar-refractivity contribution in [1.29, 1.82) is 0 Å². The first kappa shape index (κ1) is 10.5. The summed E-state index contributed by atoms with van der Waals surface area (Å²) in [5.74, 6) is 0.164. The van der Waals surface area contributed by atoms with E-state index < -0.39 is 11.4 Å². The molecule has 5 unspecified atom stereocenters. The molecule has 2 aliphatic heterocycles. The molecule has 0 aliphatic carbocycles. The number of hydrogen-bond donors (Lipinski definition) is 1. The molecule has 0 saturated carbocycles. The summed E-state index contributed by atoms with van der Waals surface area (Å²) >= 11 is -2.20. The van der Waals surface area contributed by atoms with Crippen LogP contribution < -0.4 is 0 Å². The van der Waals surface area contributed by atoms with Gasteiger partial charge < -0.3 is 4.74 Å². The fraction of sp³-hybridized carbons (Fsp3) is 1.00. The third-order valence-electron chi connectivity index (χ3n) is 3.79. The van der Waals surface area contributed by atoms with E-state index in [-0.39, 0.29) is 23.2 Å². The number of ether oxygens (including phenoxy) is 1. The van der Waals surface area contributed by atoms with Crippen LogP contribution in [0.2, 0.25) is 0 Å². The van der Waals surface area contributed by atoms with E-state index in [1.54, 1.807) is 0 Å². The van der Waals surface area contributed by atoms with Crippen molar-refractivity contribution in [2.75, 3.05) is 0 Å². The Hall–Kier alpha value is 0.0300. The van der Waals surface area contributed by atoms with Crippen LogP contribution in [0.3, 0.4) is 0 Å². The van der Waals surface area contributed by atoms with Crippen molar-refractivity contribution in [1.82, 2.24) is 0 Å². The van der Waals surface area contributed by atoms with Gasteiger partial charge in [0, 0.05) is 5.92 Å². The number of hydrogen-bond acceptors (Lipinski definition) is 3. The van der Waals surface area contributed by atoms with Gasteiger partial charge in [0.25, 0.3) is 0 Å². The Bertz CT molecular complexity index is 282. The van der Waals surface area contributed by atoms with Gasteiger partial charge in [-0.05, 0) is 26.7 Å². The van der Waals surface area contributed by atoms with Gasteiger partial charge in [0.2, 0.25) is 0 Å². The van der Waals surface area contributed by atoms with Gasteiger partial charge in [-0.2, -0.15) is 4.21 Å². The molecular formula is C9H16O4S. The quantitative estimate of drug-likeness (QED) is 0.716. The van der Waals surface area contributed by atoms with Crippen LogP contribution in [-0.4, -0.2) is 26.1 Å². The van der Waals surface area contributed by atoms with E-state index >= 15 is 0 Å². The highest BCUT2D eigenvalue weighted by molar-refractivity contribution is 7.74. The second-order valence-electron chi connectivity index (χ2n) is 4.75. The Labute approximate surface area is 86.5 Å². The van der Waals surface area contributed by atoms with Crippen LogP contribution >= 0.6 is 0 Å². The molecular weight excluding hydrogens is 204 g/mol. The molecule has 2 rings (SSSR count). The topological polar surface area (TPSA) is 55.8 Å². The molecule has 82 valence electrons. The van der Waals surface area contributed by atoms with Crippen LogP contribution in [0, 0.1) is 5.92 Å². The summed E-state index contributed by atoms with van der Waals surface area (Å²) < 4.78 is 30.3.